The van der Waals surface area contributed by atoms with Crippen LogP contribution in [-0.2, 0) is 4.79 Å². The SMILES string of the molecule is CC(C)N(CC(N)=O)C(=O)c1cc2ccccc2[nH]1. The van der Waals surface area contributed by atoms with Crippen LogP contribution in [0.15, 0.2) is 30.3 Å². The Morgan fingerprint density at radius 1 is 1.32 bits per heavy atom. The molecule has 19 heavy (non-hydrogen) atoms. The fourth-order valence-corrected chi connectivity index (χ4v) is 2.00. The van der Waals surface area contributed by atoms with Gasteiger partial charge in [0.25, 0.3) is 5.91 Å². The molecule has 0 radical (unpaired) electrons. The lowest BCUT2D eigenvalue weighted by Gasteiger charge is -2.24. The van der Waals surface area contributed by atoms with Crippen molar-refractivity contribution in [3.05, 3.63) is 36.0 Å². The van der Waals surface area contributed by atoms with Crippen molar-refractivity contribution >= 4 is 22.7 Å². The summed E-state index contributed by atoms with van der Waals surface area (Å²) >= 11 is 0. The summed E-state index contributed by atoms with van der Waals surface area (Å²) in [5.41, 5.74) is 6.54. The zero-order valence-corrected chi connectivity index (χ0v) is 11.0. The molecule has 0 aliphatic rings. The Kier molecular flexibility index (Phi) is 3.55. The van der Waals surface area contributed by atoms with Gasteiger partial charge in [-0.25, -0.2) is 0 Å². The number of carbonyl (C=O) groups is 2. The van der Waals surface area contributed by atoms with Gasteiger partial charge in [0, 0.05) is 16.9 Å². The third-order valence-corrected chi connectivity index (χ3v) is 2.97. The van der Waals surface area contributed by atoms with Gasteiger partial charge in [0.2, 0.25) is 5.91 Å². The predicted molar refractivity (Wildman–Crippen MR) is 73.7 cm³/mol. The van der Waals surface area contributed by atoms with Gasteiger partial charge >= 0.3 is 0 Å². The van der Waals surface area contributed by atoms with E-state index in [1.165, 1.54) is 4.90 Å². The minimum absolute atomic E-state index is 0.0775. The van der Waals surface area contributed by atoms with Gasteiger partial charge in [-0.1, -0.05) is 18.2 Å². The molecule has 5 heteroatoms. The van der Waals surface area contributed by atoms with Gasteiger partial charge in [0.05, 0.1) is 6.54 Å². The molecule has 0 saturated carbocycles. The van der Waals surface area contributed by atoms with Crippen molar-refractivity contribution in [2.75, 3.05) is 6.54 Å². The van der Waals surface area contributed by atoms with Crippen LogP contribution in [-0.4, -0.2) is 34.3 Å². The van der Waals surface area contributed by atoms with Crippen LogP contribution in [0.5, 0.6) is 0 Å². The molecule has 1 aromatic heterocycles. The number of aromatic nitrogens is 1. The lowest BCUT2D eigenvalue weighted by atomic mass is 10.2. The van der Waals surface area contributed by atoms with Gasteiger partial charge in [-0.05, 0) is 26.0 Å². The van der Waals surface area contributed by atoms with Gasteiger partial charge in [-0.15, -0.1) is 0 Å². The summed E-state index contributed by atoms with van der Waals surface area (Å²) in [4.78, 5) is 27.9. The van der Waals surface area contributed by atoms with E-state index >= 15 is 0 Å². The van der Waals surface area contributed by atoms with Crippen LogP contribution in [0.3, 0.4) is 0 Å². The lowest BCUT2D eigenvalue weighted by molar-refractivity contribution is -0.119. The Bertz CT molecular complexity index is 583. The smallest absolute Gasteiger partial charge is 0.271 e. The number of hydrogen-bond acceptors (Lipinski definition) is 2. The summed E-state index contributed by atoms with van der Waals surface area (Å²) in [5, 5.41) is 0.966. The third kappa shape index (κ3) is 2.76. The second-order valence-corrected chi connectivity index (χ2v) is 4.76. The predicted octanol–water partition coefficient (Wildman–Crippen LogP) is 1.50. The normalized spacial score (nSPS) is 10.9. The first-order chi connectivity index (χ1) is 8.99. The van der Waals surface area contributed by atoms with Gasteiger partial charge in [-0.3, -0.25) is 9.59 Å². The summed E-state index contributed by atoms with van der Waals surface area (Å²) in [6, 6.07) is 9.33. The second-order valence-electron chi connectivity index (χ2n) is 4.76. The van der Waals surface area contributed by atoms with Crippen molar-refractivity contribution in [3.63, 3.8) is 0 Å². The van der Waals surface area contributed by atoms with Crippen LogP contribution < -0.4 is 5.73 Å². The first-order valence-electron chi connectivity index (χ1n) is 6.16. The molecule has 0 atom stereocenters. The number of nitrogens with two attached hydrogens (primary N) is 1. The summed E-state index contributed by atoms with van der Waals surface area (Å²) in [6.45, 7) is 3.62. The summed E-state index contributed by atoms with van der Waals surface area (Å²) in [6.07, 6.45) is 0. The molecule has 5 nitrogen and oxygen atoms in total. The number of nitrogens with zero attached hydrogens (tertiary/aromatic N) is 1. The van der Waals surface area contributed by atoms with Gasteiger partial charge in [0.1, 0.15) is 5.69 Å². The first-order valence-corrected chi connectivity index (χ1v) is 6.16. The molecule has 1 aromatic carbocycles. The summed E-state index contributed by atoms with van der Waals surface area (Å²) in [5.74, 6) is -0.733. The highest BCUT2D eigenvalue weighted by Gasteiger charge is 2.21. The van der Waals surface area contributed by atoms with Crippen molar-refractivity contribution in [1.82, 2.24) is 9.88 Å². The Hall–Kier alpha value is -2.30. The lowest BCUT2D eigenvalue weighted by Crippen LogP contribution is -2.42. The average Bonchev–Trinajstić information content (AvgIpc) is 2.78. The van der Waals surface area contributed by atoms with Crippen molar-refractivity contribution < 1.29 is 9.59 Å². The van der Waals surface area contributed by atoms with E-state index in [0.717, 1.165) is 10.9 Å². The minimum Gasteiger partial charge on any atom is -0.368 e. The maximum Gasteiger partial charge on any atom is 0.271 e. The molecule has 2 rings (SSSR count). The fourth-order valence-electron chi connectivity index (χ4n) is 2.00. The van der Waals surface area contributed by atoms with Crippen LogP contribution in [0, 0.1) is 0 Å². The number of hydrogen-bond donors (Lipinski definition) is 2. The van der Waals surface area contributed by atoms with Crippen LogP contribution >= 0.6 is 0 Å². The number of fused-ring (bicyclic) bond motifs is 1. The number of para-hydroxylation sites is 1. The highest BCUT2D eigenvalue weighted by Crippen LogP contribution is 2.16. The largest absolute Gasteiger partial charge is 0.368 e. The van der Waals surface area contributed by atoms with Crippen molar-refractivity contribution in [2.45, 2.75) is 19.9 Å². The first kappa shape index (κ1) is 13.1. The van der Waals surface area contributed by atoms with Crippen molar-refractivity contribution in [2.24, 2.45) is 5.73 Å². The number of nitrogens with one attached hydrogen (secondary N) is 1. The molecule has 100 valence electrons. The topological polar surface area (TPSA) is 79.2 Å². The van der Waals surface area contributed by atoms with Crippen LogP contribution in [0.25, 0.3) is 10.9 Å². The highest BCUT2D eigenvalue weighted by molar-refractivity contribution is 5.99. The molecule has 0 bridgehead atoms. The molecule has 0 saturated heterocycles. The Morgan fingerprint density at radius 3 is 2.58 bits per heavy atom. The zero-order valence-electron chi connectivity index (χ0n) is 11.0. The molecule has 3 N–H and O–H groups in total. The monoisotopic (exact) mass is 259 g/mol. The second kappa shape index (κ2) is 5.14. The highest BCUT2D eigenvalue weighted by atomic mass is 16.2. The van der Waals surface area contributed by atoms with Crippen LogP contribution in [0.4, 0.5) is 0 Å². The molecule has 2 aromatic rings. The standard InChI is InChI=1S/C14H17N3O2/c1-9(2)17(8-13(15)18)14(19)12-7-10-5-3-4-6-11(10)16-12/h3-7,9,16H,8H2,1-2H3,(H2,15,18). The van der Waals surface area contributed by atoms with Crippen molar-refractivity contribution in [3.8, 4) is 0 Å². The number of primary amides is 1. The maximum atomic E-state index is 12.4. The average molecular weight is 259 g/mol. The quantitative estimate of drug-likeness (QED) is 0.872. The molecule has 0 unspecified atom stereocenters. The van der Waals surface area contributed by atoms with E-state index in [-0.39, 0.29) is 18.5 Å². The Balaban J connectivity index is 2.32. The van der Waals surface area contributed by atoms with E-state index in [0.29, 0.717) is 5.69 Å². The third-order valence-electron chi connectivity index (χ3n) is 2.97. The molecule has 0 spiro atoms. The molecular formula is C14H17N3O2. The van der Waals surface area contributed by atoms with Gasteiger partial charge in [-0.2, -0.15) is 0 Å². The summed E-state index contributed by atoms with van der Waals surface area (Å²) < 4.78 is 0. The molecule has 1 heterocycles. The maximum absolute atomic E-state index is 12.4. The van der Waals surface area contributed by atoms with E-state index in [1.54, 1.807) is 6.07 Å². The van der Waals surface area contributed by atoms with E-state index < -0.39 is 5.91 Å². The molecular weight excluding hydrogens is 242 g/mol. The fraction of sp³-hybridized carbons (Fsp3) is 0.286. The molecule has 0 aliphatic heterocycles. The minimum atomic E-state index is -0.516. The molecule has 2 amide bonds. The number of carbonyl (C=O) groups excluding carboxylic acids is 2. The number of aromatic amines is 1. The van der Waals surface area contributed by atoms with E-state index in [9.17, 15) is 9.59 Å². The van der Waals surface area contributed by atoms with E-state index in [4.69, 9.17) is 5.73 Å². The number of amides is 2. The Morgan fingerprint density at radius 2 is 2.00 bits per heavy atom. The molecule has 0 aliphatic carbocycles. The van der Waals surface area contributed by atoms with Gasteiger partial charge < -0.3 is 15.6 Å². The summed E-state index contributed by atoms with van der Waals surface area (Å²) in [7, 11) is 0. The van der Waals surface area contributed by atoms with Gasteiger partial charge in [0.15, 0.2) is 0 Å². The van der Waals surface area contributed by atoms with E-state index in [1.807, 2.05) is 38.1 Å². The van der Waals surface area contributed by atoms with E-state index in [2.05, 4.69) is 4.98 Å². The molecule has 0 fully saturated rings. The Labute approximate surface area is 111 Å². The number of H-pyrrole nitrogens is 1. The van der Waals surface area contributed by atoms with Crippen LogP contribution in [0.1, 0.15) is 24.3 Å². The number of benzene rings is 1. The van der Waals surface area contributed by atoms with Crippen LogP contribution in [0.2, 0.25) is 0 Å². The van der Waals surface area contributed by atoms with Crippen molar-refractivity contribution in [1.29, 1.82) is 0 Å². The zero-order chi connectivity index (χ0) is 14.0. The number of rotatable bonds is 4.